The lowest BCUT2D eigenvalue weighted by molar-refractivity contribution is -0.116. The van der Waals surface area contributed by atoms with Crippen molar-refractivity contribution >= 4 is 23.9 Å². The van der Waals surface area contributed by atoms with Crippen molar-refractivity contribution in [3.8, 4) is 17.1 Å². The number of nitrogens with zero attached hydrogens (tertiary/aromatic N) is 3. The lowest BCUT2D eigenvalue weighted by Crippen LogP contribution is -2.20. The summed E-state index contributed by atoms with van der Waals surface area (Å²) in [5.74, 6) is 0.217. The summed E-state index contributed by atoms with van der Waals surface area (Å²) in [6, 6.07) is 10.8. The van der Waals surface area contributed by atoms with Crippen molar-refractivity contribution in [2.24, 2.45) is 0 Å². The van der Waals surface area contributed by atoms with E-state index in [4.69, 9.17) is 12.2 Å². The Balaban J connectivity index is 1.86. The number of rotatable bonds is 4. The molecule has 3 rings (SSSR count). The SMILES string of the molecule is Cc1cccc(-c2n[nH]c(=S)n2CC(=O)Nc2ncccc2O)c1. The van der Waals surface area contributed by atoms with Crippen LogP contribution in [0.2, 0.25) is 0 Å². The van der Waals surface area contributed by atoms with Gasteiger partial charge in [-0.25, -0.2) is 4.98 Å². The van der Waals surface area contributed by atoms with E-state index in [-0.39, 0.29) is 24.0 Å². The van der Waals surface area contributed by atoms with Gasteiger partial charge in [-0.05, 0) is 37.3 Å². The summed E-state index contributed by atoms with van der Waals surface area (Å²) in [6.07, 6.45) is 1.48. The van der Waals surface area contributed by atoms with Gasteiger partial charge in [0.2, 0.25) is 5.91 Å². The maximum absolute atomic E-state index is 12.3. The zero-order valence-electron chi connectivity index (χ0n) is 12.9. The fourth-order valence-corrected chi connectivity index (χ4v) is 2.47. The lowest BCUT2D eigenvalue weighted by Gasteiger charge is -2.09. The van der Waals surface area contributed by atoms with Gasteiger partial charge in [0.05, 0.1) is 0 Å². The van der Waals surface area contributed by atoms with Crippen LogP contribution in [0.15, 0.2) is 42.6 Å². The van der Waals surface area contributed by atoms with Gasteiger partial charge in [0, 0.05) is 11.8 Å². The molecular weight excluding hydrogens is 326 g/mol. The van der Waals surface area contributed by atoms with Gasteiger partial charge in [-0.15, -0.1) is 0 Å². The molecule has 2 aromatic heterocycles. The molecule has 0 unspecified atom stereocenters. The monoisotopic (exact) mass is 341 g/mol. The maximum atomic E-state index is 12.3. The first kappa shape index (κ1) is 15.9. The topological polar surface area (TPSA) is 95.8 Å². The third-order valence-corrected chi connectivity index (χ3v) is 3.69. The van der Waals surface area contributed by atoms with Crippen molar-refractivity contribution in [3.05, 3.63) is 52.9 Å². The number of carbonyl (C=O) groups is 1. The molecule has 0 aliphatic carbocycles. The first-order valence-electron chi connectivity index (χ1n) is 7.20. The predicted octanol–water partition coefficient (Wildman–Crippen LogP) is 2.66. The number of anilines is 1. The average Bonchev–Trinajstić information content (AvgIpc) is 2.91. The smallest absolute Gasteiger partial charge is 0.245 e. The van der Waals surface area contributed by atoms with Crippen molar-refractivity contribution in [2.75, 3.05) is 5.32 Å². The Kier molecular flexibility index (Phi) is 4.39. The van der Waals surface area contributed by atoms with E-state index < -0.39 is 0 Å². The van der Waals surface area contributed by atoms with E-state index in [2.05, 4.69) is 20.5 Å². The van der Waals surface area contributed by atoms with Gasteiger partial charge >= 0.3 is 0 Å². The van der Waals surface area contributed by atoms with Crippen molar-refractivity contribution in [1.82, 2.24) is 19.7 Å². The van der Waals surface area contributed by atoms with Gasteiger partial charge in [-0.3, -0.25) is 14.5 Å². The van der Waals surface area contributed by atoms with E-state index in [0.717, 1.165) is 11.1 Å². The zero-order chi connectivity index (χ0) is 17.1. The minimum atomic E-state index is -0.365. The van der Waals surface area contributed by atoms with E-state index >= 15 is 0 Å². The molecule has 8 heteroatoms. The van der Waals surface area contributed by atoms with Crippen LogP contribution in [0.5, 0.6) is 5.75 Å². The molecule has 1 amide bonds. The molecule has 7 nitrogen and oxygen atoms in total. The highest BCUT2D eigenvalue weighted by molar-refractivity contribution is 7.71. The molecule has 0 aliphatic heterocycles. The van der Waals surface area contributed by atoms with Gasteiger partial charge in [-0.2, -0.15) is 5.10 Å². The molecule has 3 aromatic rings. The summed E-state index contributed by atoms with van der Waals surface area (Å²) in [5, 5.41) is 19.1. The van der Waals surface area contributed by atoms with Crippen LogP contribution in [0.4, 0.5) is 5.82 Å². The number of carbonyl (C=O) groups excluding carboxylic acids is 1. The molecule has 0 spiro atoms. The van der Waals surface area contributed by atoms with Crippen molar-refractivity contribution < 1.29 is 9.90 Å². The van der Waals surface area contributed by atoms with Crippen molar-refractivity contribution in [3.63, 3.8) is 0 Å². The minimum absolute atomic E-state index is 0.0470. The van der Waals surface area contributed by atoms with Gasteiger partial charge in [0.15, 0.2) is 22.2 Å². The van der Waals surface area contributed by atoms with Crippen LogP contribution in [0.25, 0.3) is 11.4 Å². The Hall–Kier alpha value is -3.00. The molecule has 2 heterocycles. The third-order valence-electron chi connectivity index (χ3n) is 3.38. The second kappa shape index (κ2) is 6.63. The van der Waals surface area contributed by atoms with Gasteiger partial charge < -0.3 is 10.4 Å². The third kappa shape index (κ3) is 3.33. The number of aromatic amines is 1. The highest BCUT2D eigenvalue weighted by Gasteiger charge is 2.14. The Morgan fingerprint density at radius 2 is 2.21 bits per heavy atom. The quantitative estimate of drug-likeness (QED) is 0.634. The van der Waals surface area contributed by atoms with Crippen LogP contribution in [-0.4, -0.2) is 30.8 Å². The summed E-state index contributed by atoms with van der Waals surface area (Å²) in [4.78, 5) is 16.2. The second-order valence-corrected chi connectivity index (χ2v) is 5.61. The summed E-state index contributed by atoms with van der Waals surface area (Å²) in [5.41, 5.74) is 1.94. The molecule has 0 saturated heterocycles. The van der Waals surface area contributed by atoms with E-state index in [0.29, 0.717) is 10.6 Å². The number of hydrogen-bond acceptors (Lipinski definition) is 5. The summed E-state index contributed by atoms with van der Waals surface area (Å²) in [7, 11) is 0. The van der Waals surface area contributed by atoms with Gasteiger partial charge in [0.1, 0.15) is 6.54 Å². The van der Waals surface area contributed by atoms with Crippen LogP contribution < -0.4 is 5.32 Å². The number of nitrogens with one attached hydrogen (secondary N) is 2. The molecule has 24 heavy (non-hydrogen) atoms. The number of aryl methyl sites for hydroxylation is 1. The number of aromatic nitrogens is 4. The molecular formula is C16H15N5O2S. The molecule has 122 valence electrons. The van der Waals surface area contributed by atoms with E-state index in [1.807, 2.05) is 31.2 Å². The lowest BCUT2D eigenvalue weighted by atomic mass is 10.1. The Bertz CT molecular complexity index is 947. The number of hydrogen-bond donors (Lipinski definition) is 3. The largest absolute Gasteiger partial charge is 0.504 e. The van der Waals surface area contributed by atoms with Crippen LogP contribution in [0.1, 0.15) is 5.56 Å². The zero-order valence-corrected chi connectivity index (χ0v) is 13.7. The van der Waals surface area contributed by atoms with Gasteiger partial charge in [-0.1, -0.05) is 23.8 Å². The number of pyridine rings is 1. The normalized spacial score (nSPS) is 10.5. The molecule has 0 aliphatic rings. The average molecular weight is 341 g/mol. The molecule has 0 fully saturated rings. The highest BCUT2D eigenvalue weighted by atomic mass is 32.1. The van der Waals surface area contributed by atoms with Crippen LogP contribution in [-0.2, 0) is 11.3 Å². The van der Waals surface area contributed by atoms with E-state index in [9.17, 15) is 9.90 Å². The van der Waals surface area contributed by atoms with Gasteiger partial charge in [0.25, 0.3) is 0 Å². The standard InChI is InChI=1S/C16H15N5O2S/c1-10-4-2-5-11(8-10)15-19-20-16(24)21(15)9-13(23)18-14-12(22)6-3-7-17-14/h2-8,22H,9H2,1H3,(H,20,24)(H,17,18,23). The van der Waals surface area contributed by atoms with Crippen molar-refractivity contribution in [1.29, 1.82) is 0 Å². The second-order valence-electron chi connectivity index (χ2n) is 5.23. The molecule has 0 atom stereocenters. The van der Waals surface area contributed by atoms with E-state index in [1.165, 1.54) is 12.3 Å². The van der Waals surface area contributed by atoms with E-state index in [1.54, 1.807) is 10.6 Å². The highest BCUT2D eigenvalue weighted by Crippen LogP contribution is 2.20. The van der Waals surface area contributed by atoms with Crippen LogP contribution >= 0.6 is 12.2 Å². The molecule has 0 bridgehead atoms. The Morgan fingerprint density at radius 1 is 1.38 bits per heavy atom. The van der Waals surface area contributed by atoms with Crippen LogP contribution in [0, 0.1) is 11.7 Å². The Morgan fingerprint density at radius 3 is 2.96 bits per heavy atom. The number of H-pyrrole nitrogens is 1. The number of benzene rings is 1. The number of aromatic hydroxyl groups is 1. The first-order chi connectivity index (χ1) is 11.5. The minimum Gasteiger partial charge on any atom is -0.504 e. The Labute approximate surface area is 143 Å². The molecule has 0 saturated carbocycles. The summed E-state index contributed by atoms with van der Waals surface area (Å²) < 4.78 is 1.94. The predicted molar refractivity (Wildman–Crippen MR) is 92.1 cm³/mol. The number of amides is 1. The van der Waals surface area contributed by atoms with Crippen LogP contribution in [0.3, 0.4) is 0 Å². The summed E-state index contributed by atoms with van der Waals surface area (Å²) >= 11 is 5.21. The summed E-state index contributed by atoms with van der Waals surface area (Å²) in [6.45, 7) is 1.93. The fourth-order valence-electron chi connectivity index (χ4n) is 2.28. The molecule has 1 aromatic carbocycles. The molecule has 3 N–H and O–H groups in total. The molecule has 0 radical (unpaired) electrons. The maximum Gasteiger partial charge on any atom is 0.245 e. The van der Waals surface area contributed by atoms with Crippen molar-refractivity contribution in [2.45, 2.75) is 13.5 Å². The fraction of sp³-hybridized carbons (Fsp3) is 0.125. The first-order valence-corrected chi connectivity index (χ1v) is 7.61.